The molecule has 0 spiro atoms. The van der Waals surface area contributed by atoms with E-state index in [0.717, 1.165) is 31.7 Å². The van der Waals surface area contributed by atoms with E-state index in [2.05, 4.69) is 28.9 Å². The summed E-state index contributed by atoms with van der Waals surface area (Å²) in [5, 5.41) is 11.7. The molecular weight excluding hydrogens is 252 g/mol. The maximum Gasteiger partial charge on any atom is 0.170 e. The number of nitrogens with two attached hydrogens (primary N) is 1. The summed E-state index contributed by atoms with van der Waals surface area (Å²) >= 11 is 0. The largest absolute Gasteiger partial charge is 0.409 e. The van der Waals surface area contributed by atoms with Gasteiger partial charge in [-0.25, -0.2) is 0 Å². The molecule has 110 valence electrons. The molecule has 20 heavy (non-hydrogen) atoms. The van der Waals surface area contributed by atoms with Crippen molar-refractivity contribution in [1.82, 2.24) is 9.80 Å². The summed E-state index contributed by atoms with van der Waals surface area (Å²) < 4.78 is 0. The quantitative estimate of drug-likeness (QED) is 0.377. The monoisotopic (exact) mass is 276 g/mol. The van der Waals surface area contributed by atoms with E-state index in [9.17, 15) is 0 Å². The van der Waals surface area contributed by atoms with Crippen molar-refractivity contribution < 1.29 is 5.21 Å². The molecule has 0 bridgehead atoms. The molecule has 1 heterocycles. The van der Waals surface area contributed by atoms with Crippen LogP contribution >= 0.6 is 0 Å². The van der Waals surface area contributed by atoms with Crippen LogP contribution in [0.4, 0.5) is 0 Å². The fourth-order valence-electron chi connectivity index (χ4n) is 2.69. The van der Waals surface area contributed by atoms with Gasteiger partial charge < -0.3 is 15.8 Å². The van der Waals surface area contributed by atoms with Crippen molar-refractivity contribution >= 4 is 5.84 Å². The molecule has 1 aliphatic rings. The lowest BCUT2D eigenvalue weighted by Gasteiger charge is -2.39. The summed E-state index contributed by atoms with van der Waals surface area (Å²) in [7, 11) is 2.21. The number of piperazine rings is 1. The summed E-state index contributed by atoms with van der Waals surface area (Å²) in [4.78, 5) is 4.94. The zero-order valence-electron chi connectivity index (χ0n) is 12.3. The molecule has 1 aromatic rings. The normalized spacial score (nSPS) is 22.1. The maximum absolute atomic E-state index is 8.65. The number of rotatable bonds is 4. The first-order valence-corrected chi connectivity index (χ1v) is 7.13. The van der Waals surface area contributed by atoms with Crippen LogP contribution in [0.15, 0.2) is 29.4 Å². The Kier molecular flexibility index (Phi) is 4.98. The van der Waals surface area contributed by atoms with Crippen molar-refractivity contribution in [3.05, 3.63) is 35.4 Å². The summed E-state index contributed by atoms with van der Waals surface area (Å²) in [6.07, 6.45) is 1.19. The zero-order chi connectivity index (χ0) is 14.5. The SMILES string of the molecule is CCC1CN(Cc2ccc(C(N)=NO)cc2)CCN1C. The Morgan fingerprint density at radius 3 is 2.65 bits per heavy atom. The van der Waals surface area contributed by atoms with Gasteiger partial charge in [-0.2, -0.15) is 0 Å². The summed E-state index contributed by atoms with van der Waals surface area (Å²) in [6, 6.07) is 8.55. The number of oxime groups is 1. The Hall–Kier alpha value is -1.59. The van der Waals surface area contributed by atoms with Gasteiger partial charge in [-0.15, -0.1) is 0 Å². The van der Waals surface area contributed by atoms with Gasteiger partial charge in [0, 0.05) is 37.8 Å². The van der Waals surface area contributed by atoms with Gasteiger partial charge in [0.25, 0.3) is 0 Å². The van der Waals surface area contributed by atoms with E-state index in [4.69, 9.17) is 10.9 Å². The Morgan fingerprint density at radius 2 is 2.05 bits per heavy atom. The van der Waals surface area contributed by atoms with Crippen molar-refractivity contribution in [3.63, 3.8) is 0 Å². The second kappa shape index (κ2) is 6.72. The molecule has 2 rings (SSSR count). The molecule has 1 unspecified atom stereocenters. The third-order valence-electron chi connectivity index (χ3n) is 4.10. The van der Waals surface area contributed by atoms with Crippen LogP contribution in [0.2, 0.25) is 0 Å². The highest BCUT2D eigenvalue weighted by molar-refractivity contribution is 5.96. The molecule has 1 atom stereocenters. The number of hydrogen-bond acceptors (Lipinski definition) is 4. The average molecular weight is 276 g/mol. The second-order valence-corrected chi connectivity index (χ2v) is 5.46. The van der Waals surface area contributed by atoms with Gasteiger partial charge in [0.15, 0.2) is 5.84 Å². The Labute approximate surface area is 120 Å². The molecule has 5 nitrogen and oxygen atoms in total. The zero-order valence-corrected chi connectivity index (χ0v) is 12.3. The van der Waals surface area contributed by atoms with Crippen LogP contribution in [-0.2, 0) is 6.54 Å². The van der Waals surface area contributed by atoms with Crippen molar-refractivity contribution in [1.29, 1.82) is 0 Å². The van der Waals surface area contributed by atoms with Gasteiger partial charge in [0.05, 0.1) is 0 Å². The lowest BCUT2D eigenvalue weighted by molar-refractivity contribution is 0.0884. The molecule has 0 radical (unpaired) electrons. The highest BCUT2D eigenvalue weighted by Gasteiger charge is 2.22. The van der Waals surface area contributed by atoms with Crippen LogP contribution < -0.4 is 5.73 Å². The lowest BCUT2D eigenvalue weighted by atomic mass is 10.1. The standard InChI is InChI=1S/C15H24N4O/c1-3-14-11-19(9-8-18(14)2)10-12-4-6-13(7-5-12)15(16)17-20/h4-7,14,20H,3,8-11H2,1-2H3,(H2,16,17). The number of benzene rings is 1. The molecule has 1 aromatic carbocycles. The van der Waals surface area contributed by atoms with E-state index in [1.54, 1.807) is 0 Å². The fraction of sp³-hybridized carbons (Fsp3) is 0.533. The Morgan fingerprint density at radius 1 is 1.35 bits per heavy atom. The third kappa shape index (κ3) is 3.49. The number of hydrogen-bond donors (Lipinski definition) is 2. The lowest BCUT2D eigenvalue weighted by Crippen LogP contribution is -2.50. The van der Waals surface area contributed by atoms with Crippen LogP contribution in [0.3, 0.4) is 0 Å². The molecule has 1 aliphatic heterocycles. The molecular formula is C15H24N4O. The summed E-state index contributed by atoms with van der Waals surface area (Å²) in [5.41, 5.74) is 7.58. The average Bonchev–Trinajstić information content (AvgIpc) is 2.49. The number of nitrogens with zero attached hydrogens (tertiary/aromatic N) is 3. The molecule has 1 saturated heterocycles. The highest BCUT2D eigenvalue weighted by Crippen LogP contribution is 2.14. The fourth-order valence-corrected chi connectivity index (χ4v) is 2.69. The van der Waals surface area contributed by atoms with Gasteiger partial charge in [-0.1, -0.05) is 36.3 Å². The second-order valence-electron chi connectivity index (χ2n) is 5.46. The van der Waals surface area contributed by atoms with Crippen LogP contribution in [0.25, 0.3) is 0 Å². The first-order chi connectivity index (χ1) is 9.63. The van der Waals surface area contributed by atoms with Crippen molar-refractivity contribution in [2.75, 3.05) is 26.7 Å². The Bertz CT molecular complexity index is 457. The minimum Gasteiger partial charge on any atom is -0.409 e. The van der Waals surface area contributed by atoms with E-state index in [0.29, 0.717) is 6.04 Å². The van der Waals surface area contributed by atoms with Crippen molar-refractivity contribution in [3.8, 4) is 0 Å². The van der Waals surface area contributed by atoms with E-state index in [1.807, 2.05) is 24.3 Å². The Balaban J connectivity index is 1.96. The third-order valence-corrected chi connectivity index (χ3v) is 4.10. The van der Waals surface area contributed by atoms with Crippen LogP contribution in [0.1, 0.15) is 24.5 Å². The number of likely N-dealkylation sites (N-methyl/N-ethyl adjacent to an activating group) is 1. The van der Waals surface area contributed by atoms with Gasteiger partial charge in [-0.05, 0) is 19.0 Å². The molecule has 5 heteroatoms. The smallest absolute Gasteiger partial charge is 0.170 e. The van der Waals surface area contributed by atoms with E-state index in [-0.39, 0.29) is 5.84 Å². The predicted octanol–water partition coefficient (Wildman–Crippen LogP) is 1.31. The van der Waals surface area contributed by atoms with Crippen LogP contribution in [-0.4, -0.2) is 53.6 Å². The van der Waals surface area contributed by atoms with Gasteiger partial charge in [0.2, 0.25) is 0 Å². The minimum atomic E-state index is 0.155. The molecule has 3 N–H and O–H groups in total. The summed E-state index contributed by atoms with van der Waals surface area (Å²) in [6.45, 7) is 6.56. The maximum atomic E-state index is 8.65. The predicted molar refractivity (Wildman–Crippen MR) is 80.9 cm³/mol. The van der Waals surface area contributed by atoms with Crippen molar-refractivity contribution in [2.45, 2.75) is 25.9 Å². The van der Waals surface area contributed by atoms with Crippen LogP contribution in [0.5, 0.6) is 0 Å². The molecule has 1 fully saturated rings. The first kappa shape index (κ1) is 14.8. The van der Waals surface area contributed by atoms with Crippen molar-refractivity contribution in [2.24, 2.45) is 10.9 Å². The van der Waals surface area contributed by atoms with Gasteiger partial charge >= 0.3 is 0 Å². The van der Waals surface area contributed by atoms with E-state index in [1.165, 1.54) is 12.0 Å². The minimum absolute atomic E-state index is 0.155. The topological polar surface area (TPSA) is 65.1 Å². The highest BCUT2D eigenvalue weighted by atomic mass is 16.4. The van der Waals surface area contributed by atoms with E-state index < -0.39 is 0 Å². The van der Waals surface area contributed by atoms with Gasteiger partial charge in [0.1, 0.15) is 0 Å². The molecule has 0 saturated carbocycles. The molecule has 0 aliphatic carbocycles. The molecule has 0 aromatic heterocycles. The summed E-state index contributed by atoms with van der Waals surface area (Å²) in [5.74, 6) is 0.155. The molecule has 0 amide bonds. The number of amidine groups is 1. The van der Waals surface area contributed by atoms with Gasteiger partial charge in [-0.3, -0.25) is 4.90 Å². The first-order valence-electron chi connectivity index (χ1n) is 7.13. The van der Waals surface area contributed by atoms with Crippen LogP contribution in [0, 0.1) is 0 Å². The van der Waals surface area contributed by atoms with E-state index >= 15 is 0 Å².